The molecule has 0 radical (unpaired) electrons. The summed E-state index contributed by atoms with van der Waals surface area (Å²) < 4.78 is 0. The Morgan fingerprint density at radius 2 is 1.96 bits per heavy atom. The monoisotopic (exact) mass is 339 g/mol. The molecule has 1 aromatic heterocycles. The predicted octanol–water partition coefficient (Wildman–Crippen LogP) is 1.44. The number of anilines is 1. The van der Waals surface area contributed by atoms with Gasteiger partial charge in [-0.25, -0.2) is 9.97 Å². The molecule has 1 saturated heterocycles. The van der Waals surface area contributed by atoms with Crippen LogP contribution in [-0.2, 0) is 11.3 Å². The summed E-state index contributed by atoms with van der Waals surface area (Å²) in [4.78, 5) is 34.4. The first-order chi connectivity index (χ1) is 12.2. The third-order valence-corrected chi connectivity index (χ3v) is 4.01. The molecular formula is C18H21N5O2. The van der Waals surface area contributed by atoms with Crippen LogP contribution in [0.5, 0.6) is 0 Å². The lowest BCUT2D eigenvalue weighted by Crippen LogP contribution is -2.37. The average molecular weight is 339 g/mol. The van der Waals surface area contributed by atoms with Gasteiger partial charge < -0.3 is 15.5 Å². The van der Waals surface area contributed by atoms with Crippen LogP contribution in [0.15, 0.2) is 42.7 Å². The predicted molar refractivity (Wildman–Crippen MR) is 93.9 cm³/mol. The number of benzene rings is 1. The van der Waals surface area contributed by atoms with Crippen LogP contribution in [-0.4, -0.2) is 45.8 Å². The van der Waals surface area contributed by atoms with Gasteiger partial charge in [-0.05, 0) is 12.5 Å². The molecule has 7 nitrogen and oxygen atoms in total. The first-order valence-corrected chi connectivity index (χ1v) is 8.34. The maximum atomic E-state index is 12.3. The summed E-state index contributed by atoms with van der Waals surface area (Å²) in [6.07, 6.45) is 3.28. The summed E-state index contributed by atoms with van der Waals surface area (Å²) in [6, 6.07) is 9.63. The van der Waals surface area contributed by atoms with Crippen molar-refractivity contribution in [1.82, 2.24) is 20.2 Å². The molecule has 1 aromatic carbocycles. The van der Waals surface area contributed by atoms with E-state index in [9.17, 15) is 9.59 Å². The molecule has 130 valence electrons. The van der Waals surface area contributed by atoms with Crippen LogP contribution in [0, 0.1) is 0 Å². The van der Waals surface area contributed by atoms with E-state index in [-0.39, 0.29) is 17.9 Å². The molecule has 7 heteroatoms. The zero-order valence-corrected chi connectivity index (χ0v) is 14.1. The van der Waals surface area contributed by atoms with Gasteiger partial charge in [0.1, 0.15) is 0 Å². The van der Waals surface area contributed by atoms with Crippen molar-refractivity contribution in [3.8, 4) is 0 Å². The lowest BCUT2D eigenvalue weighted by molar-refractivity contribution is -0.128. The highest BCUT2D eigenvalue weighted by molar-refractivity contribution is 5.94. The molecule has 0 saturated carbocycles. The fourth-order valence-corrected chi connectivity index (χ4v) is 2.79. The molecule has 1 aliphatic heterocycles. The number of rotatable bonds is 6. The van der Waals surface area contributed by atoms with E-state index in [0.29, 0.717) is 37.6 Å². The van der Waals surface area contributed by atoms with Crippen LogP contribution in [0.25, 0.3) is 0 Å². The average Bonchev–Trinajstić information content (AvgIpc) is 2.96. The number of carbonyl (C=O) groups excluding carboxylic acids is 2. The highest BCUT2D eigenvalue weighted by Gasteiger charge is 2.30. The molecule has 0 unspecified atom stereocenters. The van der Waals surface area contributed by atoms with Gasteiger partial charge >= 0.3 is 0 Å². The molecule has 0 aliphatic carbocycles. The number of carbonyl (C=O) groups is 2. The zero-order chi connectivity index (χ0) is 17.6. The molecule has 2 amide bonds. The first-order valence-electron chi connectivity index (χ1n) is 8.34. The number of hydrogen-bond acceptors (Lipinski definition) is 5. The molecular weight excluding hydrogens is 318 g/mol. The quantitative estimate of drug-likeness (QED) is 0.831. The van der Waals surface area contributed by atoms with Crippen molar-refractivity contribution in [2.75, 3.05) is 18.4 Å². The van der Waals surface area contributed by atoms with Crippen LogP contribution >= 0.6 is 0 Å². The molecule has 25 heavy (non-hydrogen) atoms. The normalized spacial score (nSPS) is 16.8. The van der Waals surface area contributed by atoms with Crippen LogP contribution in [0.4, 0.5) is 5.95 Å². The van der Waals surface area contributed by atoms with Gasteiger partial charge in [-0.15, -0.1) is 0 Å². The summed E-state index contributed by atoms with van der Waals surface area (Å²) in [5.41, 5.74) is 1.46. The van der Waals surface area contributed by atoms with Crippen molar-refractivity contribution in [3.63, 3.8) is 0 Å². The van der Waals surface area contributed by atoms with Gasteiger partial charge in [0.15, 0.2) is 0 Å². The van der Waals surface area contributed by atoms with Gasteiger partial charge in [0.05, 0.1) is 11.6 Å². The molecule has 0 bridgehead atoms. The highest BCUT2D eigenvalue weighted by Crippen LogP contribution is 2.15. The second-order valence-corrected chi connectivity index (χ2v) is 5.96. The van der Waals surface area contributed by atoms with E-state index < -0.39 is 0 Å². The van der Waals surface area contributed by atoms with E-state index in [1.807, 2.05) is 37.3 Å². The van der Waals surface area contributed by atoms with Crippen molar-refractivity contribution in [2.45, 2.75) is 25.9 Å². The van der Waals surface area contributed by atoms with Gasteiger partial charge in [0.2, 0.25) is 11.9 Å². The molecule has 2 heterocycles. The molecule has 1 aliphatic rings. The summed E-state index contributed by atoms with van der Waals surface area (Å²) >= 11 is 0. The molecule has 2 N–H and O–H groups in total. The largest absolute Gasteiger partial charge is 0.355 e. The van der Waals surface area contributed by atoms with Crippen molar-refractivity contribution < 1.29 is 9.59 Å². The van der Waals surface area contributed by atoms with Crippen LogP contribution in [0.1, 0.15) is 29.3 Å². The van der Waals surface area contributed by atoms with E-state index in [2.05, 4.69) is 20.6 Å². The second kappa shape index (κ2) is 7.74. The van der Waals surface area contributed by atoms with Gasteiger partial charge in [0, 0.05) is 38.4 Å². The van der Waals surface area contributed by atoms with Crippen molar-refractivity contribution >= 4 is 17.8 Å². The van der Waals surface area contributed by atoms with Crippen LogP contribution in [0.3, 0.4) is 0 Å². The standard InChI is InChI=1S/C18H21N5O2/c1-2-19-18-20-9-14(10-21-18)17(25)22-15-8-16(24)23(12-15)11-13-6-4-3-5-7-13/h3-7,9-10,15H,2,8,11-12H2,1H3,(H,22,25)(H,19,20,21)/t15-/m1/s1. The topological polar surface area (TPSA) is 87.2 Å². The number of amides is 2. The zero-order valence-electron chi connectivity index (χ0n) is 14.1. The third kappa shape index (κ3) is 4.32. The maximum Gasteiger partial charge on any atom is 0.254 e. The molecule has 1 atom stereocenters. The Kier molecular flexibility index (Phi) is 5.23. The smallest absolute Gasteiger partial charge is 0.254 e. The summed E-state index contributed by atoms with van der Waals surface area (Å²) in [5.74, 6) is 0.277. The van der Waals surface area contributed by atoms with E-state index in [1.165, 1.54) is 12.4 Å². The van der Waals surface area contributed by atoms with Crippen molar-refractivity contribution in [3.05, 3.63) is 53.9 Å². The van der Waals surface area contributed by atoms with Crippen molar-refractivity contribution in [1.29, 1.82) is 0 Å². The minimum absolute atomic E-state index is 0.0490. The van der Waals surface area contributed by atoms with Crippen LogP contribution < -0.4 is 10.6 Å². The Morgan fingerprint density at radius 1 is 1.24 bits per heavy atom. The first kappa shape index (κ1) is 16.9. The number of aromatic nitrogens is 2. The molecule has 0 spiro atoms. The Bertz CT molecular complexity index is 733. The Labute approximate surface area is 146 Å². The van der Waals surface area contributed by atoms with E-state index in [1.54, 1.807) is 4.90 Å². The third-order valence-electron chi connectivity index (χ3n) is 4.01. The Balaban J connectivity index is 1.56. The fourth-order valence-electron chi connectivity index (χ4n) is 2.79. The summed E-state index contributed by atoms with van der Waals surface area (Å²) in [6.45, 7) is 3.73. The van der Waals surface area contributed by atoms with Gasteiger partial charge in [-0.2, -0.15) is 0 Å². The number of likely N-dealkylation sites (tertiary alicyclic amines) is 1. The van der Waals surface area contributed by atoms with Gasteiger partial charge in [-0.3, -0.25) is 9.59 Å². The number of nitrogens with zero attached hydrogens (tertiary/aromatic N) is 3. The highest BCUT2D eigenvalue weighted by atomic mass is 16.2. The maximum absolute atomic E-state index is 12.3. The van der Waals surface area contributed by atoms with Crippen LogP contribution in [0.2, 0.25) is 0 Å². The lowest BCUT2D eigenvalue weighted by Gasteiger charge is -2.17. The molecule has 2 aromatic rings. The Hall–Kier alpha value is -2.96. The van der Waals surface area contributed by atoms with E-state index >= 15 is 0 Å². The molecule has 1 fully saturated rings. The summed E-state index contributed by atoms with van der Waals surface area (Å²) in [5, 5.41) is 5.87. The second-order valence-electron chi connectivity index (χ2n) is 5.96. The SMILES string of the molecule is CCNc1ncc(C(=O)N[C@@H]2CC(=O)N(Cc3ccccc3)C2)cn1. The molecule has 3 rings (SSSR count). The van der Waals surface area contributed by atoms with Crippen molar-refractivity contribution in [2.24, 2.45) is 0 Å². The van der Waals surface area contributed by atoms with E-state index in [0.717, 1.165) is 5.56 Å². The number of nitrogens with one attached hydrogen (secondary N) is 2. The summed E-state index contributed by atoms with van der Waals surface area (Å²) in [7, 11) is 0. The lowest BCUT2D eigenvalue weighted by atomic mass is 10.2. The fraction of sp³-hybridized carbons (Fsp3) is 0.333. The Morgan fingerprint density at radius 3 is 2.64 bits per heavy atom. The van der Waals surface area contributed by atoms with Gasteiger partial charge in [-0.1, -0.05) is 30.3 Å². The van der Waals surface area contributed by atoms with E-state index in [4.69, 9.17) is 0 Å². The minimum atomic E-state index is -0.262. The number of hydrogen-bond donors (Lipinski definition) is 2. The minimum Gasteiger partial charge on any atom is -0.355 e. The van der Waals surface area contributed by atoms with Gasteiger partial charge in [0.25, 0.3) is 5.91 Å².